The summed E-state index contributed by atoms with van der Waals surface area (Å²) in [6.45, 7) is 11.7. The number of nitro benzene ring substituents is 1. The molecule has 3 heterocycles. The average molecular weight is 664 g/mol. The van der Waals surface area contributed by atoms with Gasteiger partial charge in [-0.15, -0.1) is 0 Å². The normalized spacial score (nSPS) is 18.2. The number of esters is 1. The third kappa shape index (κ3) is 8.59. The number of nitrogens with zero attached hydrogens (tertiary/aromatic N) is 6. The number of carbonyl (C=O) groups excluding carboxylic acids is 2. The predicted octanol–water partition coefficient (Wildman–Crippen LogP) is 5.06. The van der Waals surface area contributed by atoms with Gasteiger partial charge in [0.05, 0.1) is 41.7 Å². The number of nitrogens with one attached hydrogen (secondary N) is 1. The van der Waals surface area contributed by atoms with Crippen molar-refractivity contribution in [3.8, 4) is 17.1 Å². The van der Waals surface area contributed by atoms with Gasteiger partial charge in [-0.05, 0) is 76.1 Å². The van der Waals surface area contributed by atoms with E-state index in [1.807, 2.05) is 33.8 Å². The molecule has 0 atom stereocenters. The van der Waals surface area contributed by atoms with Crippen molar-refractivity contribution in [1.82, 2.24) is 24.6 Å². The lowest BCUT2D eigenvalue weighted by molar-refractivity contribution is -0.384. The largest absolute Gasteiger partial charge is 0.477 e. The van der Waals surface area contributed by atoms with Gasteiger partial charge in [0.1, 0.15) is 11.3 Å². The van der Waals surface area contributed by atoms with Crippen molar-refractivity contribution in [3.63, 3.8) is 0 Å². The summed E-state index contributed by atoms with van der Waals surface area (Å²) in [6, 6.07) is 8.59. The summed E-state index contributed by atoms with van der Waals surface area (Å²) < 4.78 is 18.3. The molecule has 5 rings (SSSR count). The number of pyridine rings is 1. The first-order valence-corrected chi connectivity index (χ1v) is 16.2. The second-order valence-electron chi connectivity index (χ2n) is 13.6. The van der Waals surface area contributed by atoms with Crippen LogP contribution >= 0.6 is 0 Å². The molecule has 14 heteroatoms. The summed E-state index contributed by atoms with van der Waals surface area (Å²) in [6.07, 6.45) is 3.22. The minimum atomic E-state index is -0.534. The van der Waals surface area contributed by atoms with Gasteiger partial charge in [-0.2, -0.15) is 5.10 Å². The number of benzene rings is 1. The number of piperazine rings is 1. The van der Waals surface area contributed by atoms with E-state index in [0.717, 1.165) is 18.4 Å². The molecule has 1 saturated carbocycles. The number of nitro groups is 1. The predicted molar refractivity (Wildman–Crippen MR) is 179 cm³/mol. The fraction of sp³-hybridized carbons (Fsp3) is 0.529. The van der Waals surface area contributed by atoms with Crippen LogP contribution in [0.5, 0.6) is 5.88 Å². The van der Waals surface area contributed by atoms with E-state index in [1.165, 1.54) is 7.11 Å². The number of rotatable bonds is 11. The fourth-order valence-electron chi connectivity index (χ4n) is 6.10. The zero-order valence-corrected chi connectivity index (χ0v) is 28.5. The van der Waals surface area contributed by atoms with E-state index in [9.17, 15) is 19.7 Å². The highest BCUT2D eigenvalue weighted by Crippen LogP contribution is 2.37. The Morgan fingerprint density at radius 1 is 1.08 bits per heavy atom. The second-order valence-corrected chi connectivity index (χ2v) is 13.6. The maximum atomic E-state index is 12.4. The van der Waals surface area contributed by atoms with Crippen LogP contribution in [0.4, 0.5) is 16.2 Å². The first kappa shape index (κ1) is 34.6. The maximum Gasteiger partial charge on any atom is 0.410 e. The number of carbonyl (C=O) groups is 2. The topological polar surface area (TPSA) is 154 Å². The number of hydrogen-bond acceptors (Lipinski definition) is 11. The highest BCUT2D eigenvalue weighted by Gasteiger charge is 2.31. The van der Waals surface area contributed by atoms with Crippen LogP contribution in [0.15, 0.2) is 36.5 Å². The Hall–Kier alpha value is -4.72. The van der Waals surface area contributed by atoms with E-state index in [4.69, 9.17) is 14.2 Å². The first-order chi connectivity index (χ1) is 22.8. The molecule has 258 valence electrons. The minimum absolute atomic E-state index is 0.0524. The number of amides is 1. The van der Waals surface area contributed by atoms with Crippen LogP contribution in [-0.2, 0) is 23.1 Å². The zero-order chi connectivity index (χ0) is 34.6. The molecule has 1 aliphatic heterocycles. The quantitative estimate of drug-likeness (QED) is 0.166. The molecule has 1 N–H and O–H groups in total. The number of anilines is 1. The average Bonchev–Trinajstić information content (AvgIpc) is 3.38. The molecule has 0 radical (unpaired) electrons. The Morgan fingerprint density at radius 3 is 2.48 bits per heavy atom. The lowest BCUT2D eigenvalue weighted by Gasteiger charge is -2.36. The van der Waals surface area contributed by atoms with Crippen molar-refractivity contribution < 1.29 is 28.7 Å². The lowest BCUT2D eigenvalue weighted by Crippen LogP contribution is -2.49. The lowest BCUT2D eigenvalue weighted by atomic mass is 9.75. The molecular weight excluding hydrogens is 618 g/mol. The van der Waals surface area contributed by atoms with Crippen molar-refractivity contribution in [2.45, 2.75) is 52.7 Å². The molecule has 3 aromatic rings. The van der Waals surface area contributed by atoms with Crippen molar-refractivity contribution in [3.05, 3.63) is 63.5 Å². The summed E-state index contributed by atoms with van der Waals surface area (Å²) in [4.78, 5) is 44.5. The van der Waals surface area contributed by atoms with Crippen LogP contribution in [0.25, 0.3) is 11.3 Å². The molecule has 1 saturated heterocycles. The Bertz CT molecular complexity index is 1640. The molecule has 0 unspecified atom stereocenters. The molecule has 0 spiro atoms. The van der Waals surface area contributed by atoms with Crippen molar-refractivity contribution >= 4 is 23.4 Å². The highest BCUT2D eigenvalue weighted by atomic mass is 16.6. The summed E-state index contributed by atoms with van der Waals surface area (Å²) in [5.74, 6) is 0.824. The Labute approximate surface area is 280 Å². The fourth-order valence-corrected chi connectivity index (χ4v) is 6.10. The van der Waals surface area contributed by atoms with Gasteiger partial charge < -0.3 is 24.4 Å². The van der Waals surface area contributed by atoms with E-state index < -0.39 is 11.6 Å². The number of aromatic nitrogens is 3. The molecule has 1 aromatic carbocycles. The van der Waals surface area contributed by atoms with E-state index >= 15 is 0 Å². The number of hydrogen-bond donors (Lipinski definition) is 1. The first-order valence-electron chi connectivity index (χ1n) is 16.2. The third-order valence-corrected chi connectivity index (χ3v) is 8.59. The van der Waals surface area contributed by atoms with Gasteiger partial charge in [0, 0.05) is 58.1 Å². The molecule has 1 aliphatic carbocycles. The maximum absolute atomic E-state index is 12.4. The van der Waals surface area contributed by atoms with Gasteiger partial charge in [-0.3, -0.25) is 20.0 Å². The summed E-state index contributed by atoms with van der Waals surface area (Å²) in [5, 5.41) is 19.5. The van der Waals surface area contributed by atoms with Crippen LogP contribution < -0.4 is 10.1 Å². The van der Waals surface area contributed by atoms with E-state index in [1.54, 1.807) is 47.1 Å². The molecule has 48 heavy (non-hydrogen) atoms. The molecule has 2 aromatic heterocycles. The summed E-state index contributed by atoms with van der Waals surface area (Å²) in [7, 11) is 3.14. The minimum Gasteiger partial charge on any atom is -0.477 e. The molecular formula is C34H45N7O7. The zero-order valence-electron chi connectivity index (χ0n) is 28.5. The van der Waals surface area contributed by atoms with Crippen LogP contribution in [0, 0.1) is 28.9 Å². The van der Waals surface area contributed by atoms with E-state index in [2.05, 4.69) is 20.3 Å². The standard InChI is InChI=1S/C34H45N7O7/c1-22-13-26(32(42)46-6)17-28(37-22)27-19-36-38(5)31(27)47-21-25-14-24(15-25)18-35-29-16-23(7-8-30(29)41(44)45)20-39-9-11-40(12-10-39)33(43)48-34(2,3)4/h7-8,13,16-17,19,24-25,35H,9-12,14-15,18,20-21H2,1-6H3. The summed E-state index contributed by atoms with van der Waals surface area (Å²) >= 11 is 0. The van der Waals surface area contributed by atoms with Gasteiger partial charge in [0.15, 0.2) is 0 Å². The highest BCUT2D eigenvalue weighted by molar-refractivity contribution is 5.90. The van der Waals surface area contributed by atoms with Crippen molar-refractivity contribution in [1.29, 1.82) is 0 Å². The Morgan fingerprint density at radius 2 is 1.81 bits per heavy atom. The Balaban J connectivity index is 1.12. The molecule has 2 aliphatic rings. The van der Waals surface area contributed by atoms with Gasteiger partial charge in [0.25, 0.3) is 5.69 Å². The molecule has 14 nitrogen and oxygen atoms in total. The van der Waals surface area contributed by atoms with Gasteiger partial charge in [-0.25, -0.2) is 14.3 Å². The van der Waals surface area contributed by atoms with Crippen molar-refractivity contribution in [2.24, 2.45) is 18.9 Å². The molecule has 2 fully saturated rings. The van der Waals surface area contributed by atoms with Gasteiger partial charge in [-0.1, -0.05) is 6.07 Å². The van der Waals surface area contributed by atoms with Crippen LogP contribution in [0.2, 0.25) is 0 Å². The van der Waals surface area contributed by atoms with E-state index in [0.29, 0.717) is 91.8 Å². The smallest absolute Gasteiger partial charge is 0.410 e. The van der Waals surface area contributed by atoms with Gasteiger partial charge in [0.2, 0.25) is 5.88 Å². The van der Waals surface area contributed by atoms with Crippen molar-refractivity contribution in [2.75, 3.05) is 51.8 Å². The molecule has 1 amide bonds. The Kier molecular flexibility index (Phi) is 10.5. The van der Waals surface area contributed by atoms with E-state index in [-0.39, 0.29) is 16.7 Å². The molecule has 0 bridgehead atoms. The SMILES string of the molecule is COC(=O)c1cc(C)nc(-c2cnn(C)c2OCC2CC(CNc3cc(CN4CCN(C(=O)OC(C)(C)C)CC4)ccc3[N+](=O)[O-])C2)c1. The third-order valence-electron chi connectivity index (χ3n) is 8.59. The summed E-state index contributed by atoms with van der Waals surface area (Å²) in [5.41, 5.74) is 3.38. The van der Waals surface area contributed by atoms with Crippen LogP contribution in [0.1, 0.15) is 55.2 Å². The number of aryl methyl sites for hydroxylation is 2. The second kappa shape index (κ2) is 14.6. The van der Waals surface area contributed by atoms with Crippen LogP contribution in [-0.4, -0.2) is 93.6 Å². The number of ether oxygens (including phenoxy) is 3. The van der Waals surface area contributed by atoms with Crippen LogP contribution in [0.3, 0.4) is 0 Å². The van der Waals surface area contributed by atoms with Gasteiger partial charge >= 0.3 is 12.1 Å². The number of methoxy groups -OCH3 is 1. The monoisotopic (exact) mass is 663 g/mol.